The maximum absolute atomic E-state index is 12.9. The predicted octanol–water partition coefficient (Wildman–Crippen LogP) is 5.19. The molecule has 5 rings (SSSR count). The molecule has 8 heteroatoms. The zero-order valence-electron chi connectivity index (χ0n) is 21.2. The van der Waals surface area contributed by atoms with Crippen LogP contribution in [0.4, 0.5) is 5.69 Å². The Morgan fingerprint density at radius 2 is 1.78 bits per heavy atom. The molecule has 1 aromatic carbocycles. The number of hydrogen-bond donors (Lipinski definition) is 2. The number of hydrogen-bond acceptors (Lipinski definition) is 4. The quantitative estimate of drug-likeness (QED) is 0.333. The summed E-state index contributed by atoms with van der Waals surface area (Å²) in [6, 6.07) is 21.6. The molecule has 1 aliphatic heterocycles. The fraction of sp³-hybridized carbons (Fsp3) is 0.241. The van der Waals surface area contributed by atoms with Gasteiger partial charge in [0.2, 0.25) is 5.91 Å². The van der Waals surface area contributed by atoms with Gasteiger partial charge in [-0.3, -0.25) is 9.78 Å². The number of pyridine rings is 2. The molecule has 2 N–H and O–H groups in total. The molecule has 1 aliphatic rings. The summed E-state index contributed by atoms with van der Waals surface area (Å²) in [5.74, 6) is 0.822. The molecule has 1 fully saturated rings. The fourth-order valence-corrected chi connectivity index (χ4v) is 5.41. The van der Waals surface area contributed by atoms with Crippen molar-refractivity contribution in [3.05, 3.63) is 107 Å². The molecule has 188 valence electrons. The van der Waals surface area contributed by atoms with E-state index in [1.54, 1.807) is 12.4 Å². The molecule has 0 radical (unpaired) electrons. The highest BCUT2D eigenvalue weighted by molar-refractivity contribution is 7.80. The molecule has 0 aliphatic carbocycles. The molecule has 0 bridgehead atoms. The van der Waals surface area contributed by atoms with E-state index in [2.05, 4.69) is 50.0 Å². The Kier molecular flexibility index (Phi) is 7.01. The van der Waals surface area contributed by atoms with Crippen LogP contribution in [0.1, 0.15) is 46.7 Å². The van der Waals surface area contributed by atoms with E-state index >= 15 is 0 Å². The van der Waals surface area contributed by atoms with E-state index in [0.29, 0.717) is 18.1 Å². The van der Waals surface area contributed by atoms with Gasteiger partial charge in [-0.05, 0) is 86.6 Å². The summed E-state index contributed by atoms with van der Waals surface area (Å²) in [5, 5.41) is 7.11. The Bertz CT molecular complexity index is 1420. The zero-order valence-corrected chi connectivity index (χ0v) is 22.0. The Balaban J connectivity index is 1.46. The van der Waals surface area contributed by atoms with Gasteiger partial charge in [0.1, 0.15) is 5.82 Å². The van der Waals surface area contributed by atoms with Gasteiger partial charge in [-0.2, -0.15) is 0 Å². The average Bonchev–Trinajstić information content (AvgIpc) is 3.38. The van der Waals surface area contributed by atoms with Crippen molar-refractivity contribution in [2.45, 2.75) is 39.3 Å². The normalized spacial score (nSPS) is 17.1. The van der Waals surface area contributed by atoms with Crippen molar-refractivity contribution in [1.82, 2.24) is 24.8 Å². The zero-order chi connectivity index (χ0) is 25.9. The van der Waals surface area contributed by atoms with Gasteiger partial charge in [0.15, 0.2) is 5.11 Å². The lowest BCUT2D eigenvalue weighted by Crippen LogP contribution is -2.32. The highest BCUT2D eigenvalue weighted by Gasteiger charge is 2.41. The summed E-state index contributed by atoms with van der Waals surface area (Å²) >= 11 is 5.81. The molecule has 3 aromatic heterocycles. The largest absolute Gasteiger partial charge is 0.352 e. The number of thiocarbonyl (C=S) groups is 1. The molecule has 37 heavy (non-hydrogen) atoms. The molecule has 2 atom stereocenters. The van der Waals surface area contributed by atoms with E-state index in [1.807, 2.05) is 67.6 Å². The van der Waals surface area contributed by atoms with Crippen LogP contribution in [0, 0.1) is 20.8 Å². The number of nitrogens with one attached hydrogen (secondary N) is 2. The van der Waals surface area contributed by atoms with Crippen LogP contribution in [0.2, 0.25) is 0 Å². The van der Waals surface area contributed by atoms with Crippen LogP contribution in [0.3, 0.4) is 0 Å². The molecule has 1 saturated heterocycles. The van der Waals surface area contributed by atoms with Crippen molar-refractivity contribution in [2.24, 2.45) is 0 Å². The van der Waals surface area contributed by atoms with Gasteiger partial charge in [-0.25, -0.2) is 4.98 Å². The third-order valence-corrected chi connectivity index (χ3v) is 7.10. The Labute approximate surface area is 222 Å². The van der Waals surface area contributed by atoms with Crippen LogP contribution < -0.4 is 10.6 Å². The lowest BCUT2D eigenvalue weighted by Gasteiger charge is -2.28. The first kappa shape index (κ1) is 24.6. The van der Waals surface area contributed by atoms with E-state index in [9.17, 15) is 4.79 Å². The average molecular weight is 511 g/mol. The third-order valence-electron chi connectivity index (χ3n) is 6.75. The van der Waals surface area contributed by atoms with E-state index in [-0.39, 0.29) is 18.0 Å². The standard InChI is InChI=1S/C29H30N6OS/c1-19-9-8-10-22(17-19)32-26(36)13-16-34-28(27(33-29(34)37)24-11-4-6-14-30-24)23-18-20(2)35(21(23)3)25-12-5-7-15-31-25/h4-12,14-15,17-18,27-28H,13,16H2,1-3H3,(H,32,36)(H,33,37)/t27-,28-/m1/s1. The van der Waals surface area contributed by atoms with Crippen LogP contribution in [0.15, 0.2) is 79.1 Å². The molecule has 7 nitrogen and oxygen atoms in total. The minimum absolute atomic E-state index is 0.0487. The van der Waals surface area contributed by atoms with E-state index in [4.69, 9.17) is 12.2 Å². The minimum Gasteiger partial charge on any atom is -0.352 e. The van der Waals surface area contributed by atoms with Crippen molar-refractivity contribution >= 4 is 28.9 Å². The van der Waals surface area contributed by atoms with Crippen molar-refractivity contribution < 1.29 is 4.79 Å². The second kappa shape index (κ2) is 10.5. The Hall–Kier alpha value is -4.04. The van der Waals surface area contributed by atoms with Gasteiger partial charge in [-0.15, -0.1) is 0 Å². The smallest absolute Gasteiger partial charge is 0.226 e. The van der Waals surface area contributed by atoms with Crippen molar-refractivity contribution in [2.75, 3.05) is 11.9 Å². The fourth-order valence-electron chi connectivity index (χ4n) is 5.08. The van der Waals surface area contributed by atoms with Gasteiger partial charge < -0.3 is 20.1 Å². The van der Waals surface area contributed by atoms with Crippen LogP contribution in [0.5, 0.6) is 0 Å². The lowest BCUT2D eigenvalue weighted by molar-refractivity contribution is -0.116. The summed E-state index contributed by atoms with van der Waals surface area (Å²) in [6.45, 7) is 6.68. The number of aryl methyl sites for hydroxylation is 2. The van der Waals surface area contributed by atoms with Crippen molar-refractivity contribution in [3.63, 3.8) is 0 Å². The number of carbonyl (C=O) groups excluding carboxylic acids is 1. The van der Waals surface area contributed by atoms with Crippen LogP contribution in [-0.2, 0) is 4.79 Å². The van der Waals surface area contributed by atoms with Gasteiger partial charge in [0.25, 0.3) is 0 Å². The summed E-state index contributed by atoms with van der Waals surface area (Å²) in [5.41, 5.74) is 6.11. The van der Waals surface area contributed by atoms with Gasteiger partial charge in [0, 0.05) is 42.4 Å². The highest BCUT2D eigenvalue weighted by Crippen LogP contribution is 2.41. The van der Waals surface area contributed by atoms with E-state index < -0.39 is 0 Å². The summed E-state index contributed by atoms with van der Waals surface area (Å²) < 4.78 is 2.16. The molecule has 1 amide bonds. The van der Waals surface area contributed by atoms with Crippen molar-refractivity contribution in [1.29, 1.82) is 0 Å². The first-order valence-corrected chi connectivity index (χ1v) is 12.8. The van der Waals surface area contributed by atoms with E-state index in [1.165, 1.54) is 0 Å². The number of rotatable bonds is 7. The molecule has 4 aromatic rings. The molecule has 0 unspecified atom stereocenters. The Morgan fingerprint density at radius 3 is 2.49 bits per heavy atom. The second-order valence-corrected chi connectivity index (χ2v) is 9.72. The maximum atomic E-state index is 12.9. The summed E-state index contributed by atoms with van der Waals surface area (Å²) in [4.78, 5) is 24.2. The Morgan fingerprint density at radius 1 is 1.00 bits per heavy atom. The highest BCUT2D eigenvalue weighted by atomic mass is 32.1. The van der Waals surface area contributed by atoms with Crippen LogP contribution in [0.25, 0.3) is 5.82 Å². The van der Waals surface area contributed by atoms with Gasteiger partial charge >= 0.3 is 0 Å². The third kappa shape index (κ3) is 5.11. The SMILES string of the molecule is Cc1cccc(NC(=O)CCN2C(=S)N[C@H](c3ccccn3)[C@H]2c2cc(C)n(-c3ccccn3)c2C)c1. The topological polar surface area (TPSA) is 75.1 Å². The van der Waals surface area contributed by atoms with E-state index in [0.717, 1.165) is 39.7 Å². The van der Waals surface area contributed by atoms with Crippen molar-refractivity contribution in [3.8, 4) is 5.82 Å². The van der Waals surface area contributed by atoms with Crippen LogP contribution in [-0.4, -0.2) is 37.0 Å². The lowest BCUT2D eigenvalue weighted by atomic mass is 9.96. The molecule has 4 heterocycles. The predicted molar refractivity (Wildman–Crippen MR) is 150 cm³/mol. The number of aromatic nitrogens is 3. The first-order chi connectivity index (χ1) is 17.9. The minimum atomic E-state index is -0.147. The van der Waals surface area contributed by atoms with Gasteiger partial charge in [-0.1, -0.05) is 24.3 Å². The summed E-state index contributed by atoms with van der Waals surface area (Å²) in [7, 11) is 0. The number of benzene rings is 1. The molecule has 0 spiro atoms. The first-order valence-electron chi connectivity index (χ1n) is 12.4. The second-order valence-electron chi connectivity index (χ2n) is 9.34. The number of nitrogens with zero attached hydrogens (tertiary/aromatic N) is 4. The van der Waals surface area contributed by atoms with Crippen LogP contribution >= 0.6 is 12.2 Å². The monoisotopic (exact) mass is 510 g/mol. The number of anilines is 1. The number of carbonyl (C=O) groups is 1. The maximum Gasteiger partial charge on any atom is 0.226 e. The summed E-state index contributed by atoms with van der Waals surface area (Å²) in [6.07, 6.45) is 3.91. The number of amides is 1. The molecular weight excluding hydrogens is 480 g/mol. The van der Waals surface area contributed by atoms with Gasteiger partial charge in [0.05, 0.1) is 17.8 Å². The molecule has 0 saturated carbocycles. The molecular formula is C29H30N6OS.